The number of nitrogens with one attached hydrogen (secondary N) is 1. The Morgan fingerprint density at radius 3 is 0.964 bits per heavy atom. The molecule has 0 bridgehead atoms. The van der Waals surface area contributed by atoms with Gasteiger partial charge < -0.3 is 15.1 Å². The molecule has 0 heterocycles. The molecule has 83 heavy (non-hydrogen) atoms. The van der Waals surface area contributed by atoms with Gasteiger partial charge in [-0.25, -0.2) is 35.1 Å². The highest BCUT2D eigenvalue weighted by molar-refractivity contribution is 6.16. The molecule has 0 atom stereocenters. The number of para-hydroxylation sites is 1. The Hall–Kier alpha value is -9.90. The number of hydrogen-bond donors (Lipinski definition) is 1. The summed E-state index contributed by atoms with van der Waals surface area (Å²) >= 11 is 0. The van der Waals surface area contributed by atoms with Crippen LogP contribution in [0.25, 0.3) is 65.3 Å². The van der Waals surface area contributed by atoms with Crippen molar-refractivity contribution >= 4 is 88.6 Å². The molecular formula is C66H35F14N3. The lowest BCUT2D eigenvalue weighted by Crippen LogP contribution is -2.21. The van der Waals surface area contributed by atoms with Crippen molar-refractivity contribution in [2.24, 2.45) is 0 Å². The summed E-state index contributed by atoms with van der Waals surface area (Å²) in [6, 6.07) is 55.5. The van der Waals surface area contributed by atoms with E-state index in [1.54, 1.807) is 146 Å². The standard InChI is InChI=1S/C66H35F14N3/c67-55-53(65(75,76)77)56(68)60(72)63(59(55)71)82(51-33-37-12-4-6-16-45(37)47-18-8-10-20-49(47)51)43-26-22-35(23-27-43)39-30-40(32-42(31-39)81-41-14-2-1-3-15-41)36-24-28-44(29-25-36)83(64-61(73)57(69)54(66(78,79)80)58(70)62(64)74)52-34-38-13-5-7-17-46(38)48-19-9-11-21-50(48)52/h1-34,81H. The van der Waals surface area contributed by atoms with Gasteiger partial charge in [-0.3, -0.25) is 0 Å². The van der Waals surface area contributed by atoms with Gasteiger partial charge in [0.05, 0.1) is 11.4 Å². The Kier molecular flexibility index (Phi) is 13.3. The molecule has 17 heteroatoms. The summed E-state index contributed by atoms with van der Waals surface area (Å²) in [5, 5.41) is 7.42. The number of alkyl halides is 6. The van der Waals surface area contributed by atoms with Crippen LogP contribution in [0.1, 0.15) is 11.1 Å². The zero-order valence-corrected chi connectivity index (χ0v) is 42.3. The monoisotopic (exact) mass is 1140 g/mol. The zero-order chi connectivity index (χ0) is 58.2. The van der Waals surface area contributed by atoms with Crippen LogP contribution in [0.15, 0.2) is 206 Å². The van der Waals surface area contributed by atoms with Gasteiger partial charge in [-0.15, -0.1) is 0 Å². The van der Waals surface area contributed by atoms with Gasteiger partial charge >= 0.3 is 12.4 Å². The van der Waals surface area contributed by atoms with Gasteiger partial charge in [-0.2, -0.15) is 26.3 Å². The Labute approximate surface area is 462 Å². The second-order valence-electron chi connectivity index (χ2n) is 19.3. The third-order valence-electron chi connectivity index (χ3n) is 14.4. The summed E-state index contributed by atoms with van der Waals surface area (Å²) in [5.74, 6) is -19.9. The van der Waals surface area contributed by atoms with Crippen LogP contribution in [0.4, 0.5) is 107 Å². The maximum absolute atomic E-state index is 16.4. The van der Waals surface area contributed by atoms with E-state index < -0.39 is 81.4 Å². The van der Waals surface area contributed by atoms with Gasteiger partial charge in [0.1, 0.15) is 22.5 Å². The number of hydrogen-bond acceptors (Lipinski definition) is 3. The molecule has 0 aliphatic rings. The molecule has 0 spiro atoms. The quantitative estimate of drug-likeness (QED) is 0.0836. The first-order chi connectivity index (χ1) is 39.8. The molecule has 12 rings (SSSR count). The Balaban J connectivity index is 1.01. The molecule has 0 amide bonds. The van der Waals surface area contributed by atoms with Gasteiger partial charge in [0, 0.05) is 33.5 Å². The van der Waals surface area contributed by atoms with Gasteiger partial charge in [-0.1, -0.05) is 140 Å². The number of nitrogens with zero attached hydrogens (tertiary/aromatic N) is 2. The molecule has 1 N–H and O–H groups in total. The van der Waals surface area contributed by atoms with Crippen LogP contribution in [0, 0.1) is 46.5 Å². The Morgan fingerprint density at radius 2 is 0.602 bits per heavy atom. The van der Waals surface area contributed by atoms with Crippen LogP contribution in [0.2, 0.25) is 0 Å². The SMILES string of the molecule is Fc1c(F)c(C(F)(F)F)c(F)c(F)c1N(c1ccc(-c2cc(Nc3ccccc3)cc(-c3ccc(N(c4c(F)c(F)c(C(F)(F)F)c(F)c4F)c4cc5ccccc5c5ccccc45)cc3)c2)cc1)c1cc2ccccc2c2ccccc12. The highest BCUT2D eigenvalue weighted by Crippen LogP contribution is 2.50. The number of anilines is 8. The topological polar surface area (TPSA) is 18.5 Å². The fourth-order valence-electron chi connectivity index (χ4n) is 10.7. The molecule has 0 saturated carbocycles. The van der Waals surface area contributed by atoms with E-state index in [-0.39, 0.29) is 22.7 Å². The van der Waals surface area contributed by atoms with Crippen molar-refractivity contribution in [3.63, 3.8) is 0 Å². The van der Waals surface area contributed by atoms with Crippen molar-refractivity contribution in [2.45, 2.75) is 12.4 Å². The lowest BCUT2D eigenvalue weighted by molar-refractivity contribution is -0.144. The molecule has 3 nitrogen and oxygen atoms in total. The first-order valence-electron chi connectivity index (χ1n) is 25.2. The van der Waals surface area contributed by atoms with Crippen molar-refractivity contribution in [1.82, 2.24) is 0 Å². The van der Waals surface area contributed by atoms with Gasteiger partial charge in [0.2, 0.25) is 0 Å². The predicted octanol–water partition coefficient (Wildman–Crippen LogP) is 21.5. The van der Waals surface area contributed by atoms with E-state index in [4.69, 9.17) is 0 Å². The largest absolute Gasteiger partial charge is 0.422 e. The zero-order valence-electron chi connectivity index (χ0n) is 42.3. The van der Waals surface area contributed by atoms with Crippen molar-refractivity contribution in [1.29, 1.82) is 0 Å². The van der Waals surface area contributed by atoms with Crippen molar-refractivity contribution in [2.75, 3.05) is 15.1 Å². The first-order valence-corrected chi connectivity index (χ1v) is 25.2. The van der Waals surface area contributed by atoms with E-state index in [0.29, 0.717) is 76.7 Å². The van der Waals surface area contributed by atoms with E-state index in [1.807, 2.05) is 0 Å². The van der Waals surface area contributed by atoms with Crippen LogP contribution in [0.3, 0.4) is 0 Å². The normalized spacial score (nSPS) is 12.0. The van der Waals surface area contributed by atoms with Crippen molar-refractivity contribution in [3.8, 4) is 22.3 Å². The first kappa shape index (κ1) is 53.7. The van der Waals surface area contributed by atoms with E-state index in [0.717, 1.165) is 9.80 Å². The average molecular weight is 1140 g/mol. The van der Waals surface area contributed by atoms with Gasteiger partial charge in [0.25, 0.3) is 0 Å². The molecule has 12 aromatic carbocycles. The molecule has 0 radical (unpaired) electrons. The van der Waals surface area contributed by atoms with Crippen molar-refractivity contribution in [3.05, 3.63) is 264 Å². The van der Waals surface area contributed by atoms with E-state index >= 15 is 35.1 Å². The van der Waals surface area contributed by atoms with Gasteiger partial charge in [-0.05, 0) is 121 Å². The van der Waals surface area contributed by atoms with Crippen LogP contribution in [-0.2, 0) is 12.4 Å². The molecule has 0 aromatic heterocycles. The third-order valence-corrected chi connectivity index (χ3v) is 14.4. The number of benzene rings is 12. The summed E-state index contributed by atoms with van der Waals surface area (Å²) in [6.45, 7) is 0. The van der Waals surface area contributed by atoms with E-state index in [9.17, 15) is 26.3 Å². The van der Waals surface area contributed by atoms with Crippen LogP contribution in [-0.4, -0.2) is 0 Å². The summed E-state index contributed by atoms with van der Waals surface area (Å²) in [6.07, 6.45) is -11.6. The number of halogens is 14. The average Bonchev–Trinajstić information content (AvgIpc) is 3.46. The maximum atomic E-state index is 16.4. The smallest absolute Gasteiger partial charge is 0.355 e. The minimum absolute atomic E-state index is 0.0466. The lowest BCUT2D eigenvalue weighted by Gasteiger charge is -2.29. The second-order valence-corrected chi connectivity index (χ2v) is 19.3. The third kappa shape index (κ3) is 9.40. The van der Waals surface area contributed by atoms with Crippen LogP contribution in [0.5, 0.6) is 0 Å². The summed E-state index contributed by atoms with van der Waals surface area (Å²) < 4.78 is 212. The highest BCUT2D eigenvalue weighted by atomic mass is 19.4. The van der Waals surface area contributed by atoms with Gasteiger partial charge in [0.15, 0.2) is 46.5 Å². The predicted molar refractivity (Wildman–Crippen MR) is 296 cm³/mol. The fraction of sp³-hybridized carbons (Fsp3) is 0.0303. The van der Waals surface area contributed by atoms with E-state index in [1.165, 1.54) is 60.7 Å². The molecule has 0 fully saturated rings. The van der Waals surface area contributed by atoms with Crippen LogP contribution < -0.4 is 15.1 Å². The molecule has 0 saturated heterocycles. The minimum Gasteiger partial charge on any atom is -0.355 e. The minimum atomic E-state index is -5.81. The summed E-state index contributed by atoms with van der Waals surface area (Å²) in [5.41, 5.74) is -5.89. The summed E-state index contributed by atoms with van der Waals surface area (Å²) in [4.78, 5) is 1.62. The maximum Gasteiger partial charge on any atom is 0.422 e. The molecular weight excluding hydrogens is 1100 g/mol. The van der Waals surface area contributed by atoms with Crippen LogP contribution >= 0.6 is 0 Å². The Bertz CT molecular complexity index is 4220. The molecule has 0 aliphatic heterocycles. The Morgan fingerprint density at radius 1 is 0.277 bits per heavy atom. The van der Waals surface area contributed by atoms with Crippen molar-refractivity contribution < 1.29 is 61.5 Å². The van der Waals surface area contributed by atoms with E-state index in [2.05, 4.69) is 5.32 Å². The molecule has 0 aliphatic carbocycles. The lowest BCUT2D eigenvalue weighted by atomic mass is 9.96. The number of fused-ring (bicyclic) bond motifs is 6. The fourth-order valence-corrected chi connectivity index (χ4v) is 10.7. The molecule has 12 aromatic rings. The molecule has 0 unspecified atom stereocenters. The summed E-state index contributed by atoms with van der Waals surface area (Å²) in [7, 11) is 0. The molecule has 412 valence electrons. The number of rotatable bonds is 10. The highest BCUT2D eigenvalue weighted by Gasteiger charge is 2.45. The second kappa shape index (κ2) is 20.6.